The molecular weight excluding hydrogens is 540 g/mol. The van der Waals surface area contributed by atoms with Crippen LogP contribution in [-0.4, -0.2) is 57.7 Å². The van der Waals surface area contributed by atoms with Crippen LogP contribution in [0, 0.1) is 0 Å². The number of fused-ring (bicyclic) bond motifs is 3. The first-order valence-electron chi connectivity index (χ1n) is 15.1. The summed E-state index contributed by atoms with van der Waals surface area (Å²) in [5.74, 6) is 0.0679. The molecule has 3 aromatic heterocycles. The maximum Gasteiger partial charge on any atom is 0.257 e. The van der Waals surface area contributed by atoms with Crippen molar-refractivity contribution in [3.8, 4) is 11.3 Å². The molecule has 4 aromatic rings. The minimum atomic E-state index is -1.98. The highest BCUT2D eigenvalue weighted by Gasteiger charge is 2.44. The number of pyridine rings is 2. The van der Waals surface area contributed by atoms with Crippen LogP contribution < -0.4 is 5.32 Å². The van der Waals surface area contributed by atoms with Gasteiger partial charge in [0.05, 0.1) is 47.5 Å². The van der Waals surface area contributed by atoms with Gasteiger partial charge in [-0.15, -0.1) is 0 Å². The lowest BCUT2D eigenvalue weighted by Crippen LogP contribution is -2.56. The van der Waals surface area contributed by atoms with E-state index < -0.39 is 8.32 Å². The van der Waals surface area contributed by atoms with E-state index in [1.165, 1.54) is 0 Å². The van der Waals surface area contributed by atoms with Crippen LogP contribution in [0.3, 0.4) is 0 Å². The van der Waals surface area contributed by atoms with E-state index in [0.717, 1.165) is 64.7 Å². The van der Waals surface area contributed by atoms with Crippen LogP contribution >= 0.6 is 0 Å². The number of hydrogen-bond donors (Lipinski definition) is 1. The molecule has 0 spiro atoms. The smallest absolute Gasteiger partial charge is 0.257 e. The van der Waals surface area contributed by atoms with Crippen LogP contribution in [0.1, 0.15) is 67.9 Å². The van der Waals surface area contributed by atoms with Crippen LogP contribution in [0.5, 0.6) is 0 Å². The predicted molar refractivity (Wildman–Crippen MR) is 170 cm³/mol. The Balaban J connectivity index is 1.31. The SMILES string of the molecule is Cn1cc(-c2ccc(Cc3cc4c(c5ncccc35)NCN([C@H]3CCCC[C@@H]3O[Si](C)(C)C(C)(C)C)C4=O)cn2)cn1. The zero-order valence-corrected chi connectivity index (χ0v) is 26.6. The van der Waals surface area contributed by atoms with Gasteiger partial charge in [-0.2, -0.15) is 5.10 Å². The zero-order valence-electron chi connectivity index (χ0n) is 25.6. The summed E-state index contributed by atoms with van der Waals surface area (Å²) >= 11 is 0. The Kier molecular flexibility index (Phi) is 7.43. The van der Waals surface area contributed by atoms with E-state index >= 15 is 0 Å². The number of aryl methyl sites for hydroxylation is 1. The predicted octanol–water partition coefficient (Wildman–Crippen LogP) is 6.78. The van der Waals surface area contributed by atoms with Gasteiger partial charge in [0.15, 0.2) is 8.32 Å². The molecule has 220 valence electrons. The fourth-order valence-corrected chi connectivity index (χ4v) is 7.45. The summed E-state index contributed by atoms with van der Waals surface area (Å²) in [4.78, 5) is 25.7. The largest absolute Gasteiger partial charge is 0.412 e. The van der Waals surface area contributed by atoms with Crippen molar-refractivity contribution >= 4 is 30.8 Å². The van der Waals surface area contributed by atoms with Gasteiger partial charge in [0.25, 0.3) is 5.91 Å². The molecule has 8 nitrogen and oxygen atoms in total. The molecule has 9 heteroatoms. The highest BCUT2D eigenvalue weighted by atomic mass is 28.4. The number of amides is 1. The average Bonchev–Trinajstić information content (AvgIpc) is 3.40. The summed E-state index contributed by atoms with van der Waals surface area (Å²) in [6, 6.07) is 10.3. The van der Waals surface area contributed by atoms with Crippen LogP contribution in [0.4, 0.5) is 5.69 Å². The minimum Gasteiger partial charge on any atom is -0.412 e. The number of anilines is 1. The van der Waals surface area contributed by atoms with Crippen LogP contribution in [0.15, 0.2) is 55.1 Å². The first kappa shape index (κ1) is 28.6. The number of benzene rings is 1. The summed E-state index contributed by atoms with van der Waals surface area (Å²) < 4.78 is 8.73. The van der Waals surface area contributed by atoms with Gasteiger partial charge in [-0.25, -0.2) is 0 Å². The molecular formula is C33H42N6O2Si. The number of nitrogens with zero attached hydrogens (tertiary/aromatic N) is 5. The van der Waals surface area contributed by atoms with E-state index in [1.54, 1.807) is 10.9 Å². The molecule has 1 N–H and O–H groups in total. The minimum absolute atomic E-state index is 0.0631. The summed E-state index contributed by atoms with van der Waals surface area (Å²) in [6.45, 7) is 11.9. The second kappa shape index (κ2) is 10.9. The third kappa shape index (κ3) is 5.36. The molecule has 0 radical (unpaired) electrons. The molecule has 1 fully saturated rings. The normalized spacial score (nSPS) is 19.6. The Bertz CT molecular complexity index is 1610. The van der Waals surface area contributed by atoms with E-state index in [2.05, 4.69) is 62.5 Å². The van der Waals surface area contributed by atoms with Gasteiger partial charge in [-0.05, 0) is 66.7 Å². The van der Waals surface area contributed by atoms with Crippen LogP contribution in [0.2, 0.25) is 18.1 Å². The third-order valence-corrected chi connectivity index (χ3v) is 13.9. The molecule has 1 amide bonds. The molecule has 6 rings (SSSR count). The second-order valence-corrected chi connectivity index (χ2v) is 18.1. The maximum atomic E-state index is 14.3. The van der Waals surface area contributed by atoms with E-state index in [-0.39, 0.29) is 23.1 Å². The third-order valence-electron chi connectivity index (χ3n) is 9.44. The van der Waals surface area contributed by atoms with E-state index in [9.17, 15) is 4.79 Å². The Morgan fingerprint density at radius 1 is 1.10 bits per heavy atom. The fraction of sp³-hybridized carbons (Fsp3) is 0.455. The lowest BCUT2D eigenvalue weighted by molar-refractivity contribution is 0.0243. The molecule has 0 unspecified atom stereocenters. The summed E-state index contributed by atoms with van der Waals surface area (Å²) in [7, 11) is -0.0805. The van der Waals surface area contributed by atoms with Crippen molar-refractivity contribution in [3.05, 3.63) is 71.8 Å². The highest BCUT2D eigenvalue weighted by Crippen LogP contribution is 2.41. The maximum absolute atomic E-state index is 14.3. The first-order valence-corrected chi connectivity index (χ1v) is 18.0. The van der Waals surface area contributed by atoms with Crippen molar-refractivity contribution in [2.45, 2.75) is 83.2 Å². The average molecular weight is 583 g/mol. The summed E-state index contributed by atoms with van der Waals surface area (Å²) in [5, 5.41) is 9.03. The van der Waals surface area contributed by atoms with E-state index in [1.807, 2.05) is 42.7 Å². The number of carbonyl (C=O) groups excluding carboxylic acids is 1. The number of rotatable bonds is 6. The molecule has 1 aliphatic heterocycles. The van der Waals surface area contributed by atoms with Crippen molar-refractivity contribution in [2.24, 2.45) is 7.05 Å². The first-order chi connectivity index (χ1) is 20.0. The number of hydrogen-bond acceptors (Lipinski definition) is 6. The van der Waals surface area contributed by atoms with Crippen molar-refractivity contribution in [1.29, 1.82) is 0 Å². The monoisotopic (exact) mass is 582 g/mol. The molecule has 0 saturated heterocycles. The summed E-state index contributed by atoms with van der Waals surface area (Å²) in [5.41, 5.74) is 6.40. The van der Waals surface area contributed by atoms with Gasteiger partial charge >= 0.3 is 0 Å². The molecule has 2 aliphatic rings. The van der Waals surface area contributed by atoms with Crippen LogP contribution in [-0.2, 0) is 17.9 Å². The Morgan fingerprint density at radius 3 is 2.62 bits per heavy atom. The summed E-state index contributed by atoms with van der Waals surface area (Å²) in [6.07, 6.45) is 12.5. The lowest BCUT2D eigenvalue weighted by Gasteiger charge is -2.47. The number of carbonyl (C=O) groups is 1. The van der Waals surface area contributed by atoms with Gasteiger partial charge in [-0.1, -0.05) is 45.7 Å². The molecule has 4 heterocycles. The molecule has 2 atom stereocenters. The fourth-order valence-electron chi connectivity index (χ4n) is 6.07. The number of aromatic nitrogens is 4. The number of nitrogens with one attached hydrogen (secondary N) is 1. The molecule has 1 aliphatic carbocycles. The van der Waals surface area contributed by atoms with Crippen molar-refractivity contribution in [2.75, 3.05) is 12.0 Å². The molecule has 42 heavy (non-hydrogen) atoms. The topological polar surface area (TPSA) is 85.2 Å². The Labute approximate surface area is 249 Å². The van der Waals surface area contributed by atoms with Crippen molar-refractivity contribution in [1.82, 2.24) is 24.6 Å². The molecule has 1 aromatic carbocycles. The Hall–Kier alpha value is -3.56. The van der Waals surface area contributed by atoms with Crippen molar-refractivity contribution < 1.29 is 9.22 Å². The Morgan fingerprint density at radius 2 is 1.90 bits per heavy atom. The van der Waals surface area contributed by atoms with Crippen molar-refractivity contribution in [3.63, 3.8) is 0 Å². The van der Waals surface area contributed by atoms with Gasteiger partial charge in [0, 0.05) is 36.6 Å². The second-order valence-electron chi connectivity index (χ2n) is 13.4. The van der Waals surface area contributed by atoms with E-state index in [4.69, 9.17) is 14.4 Å². The van der Waals surface area contributed by atoms with Gasteiger partial charge in [0.1, 0.15) is 0 Å². The quantitative estimate of drug-likeness (QED) is 0.252. The lowest BCUT2D eigenvalue weighted by atomic mass is 9.90. The molecule has 0 bridgehead atoms. The van der Waals surface area contributed by atoms with Crippen LogP contribution in [0.25, 0.3) is 22.2 Å². The standard InChI is InChI=1S/C33H42N6O2Si/c1-33(2,3)42(5,6)41-29-12-8-7-11-28(29)39-21-36-31-26(32(39)40)17-23(25-10-9-15-34-30(25)31)16-22-13-14-27(35-18-22)24-19-37-38(4)20-24/h9-10,13-15,17-20,28-29,36H,7-8,11-12,16,21H2,1-6H3/t28-,29-/m0/s1. The van der Waals surface area contributed by atoms with E-state index in [0.29, 0.717) is 18.7 Å². The van der Waals surface area contributed by atoms with Gasteiger partial charge in [0.2, 0.25) is 0 Å². The zero-order chi connectivity index (χ0) is 29.6. The van der Waals surface area contributed by atoms with Gasteiger partial charge in [-0.3, -0.25) is 19.4 Å². The van der Waals surface area contributed by atoms with Gasteiger partial charge < -0.3 is 14.6 Å². The highest BCUT2D eigenvalue weighted by molar-refractivity contribution is 6.74. The molecule has 1 saturated carbocycles.